The lowest BCUT2D eigenvalue weighted by Crippen LogP contribution is -2.16. The Morgan fingerprint density at radius 3 is 3.00 bits per heavy atom. The fourth-order valence-corrected chi connectivity index (χ4v) is 1.61. The van der Waals surface area contributed by atoms with Crippen molar-refractivity contribution < 1.29 is 9.13 Å². The molecule has 1 atom stereocenters. The van der Waals surface area contributed by atoms with Crippen molar-refractivity contribution in [2.45, 2.75) is 19.1 Å². The van der Waals surface area contributed by atoms with Crippen LogP contribution in [-0.2, 0) is 11.3 Å². The molecule has 0 radical (unpaired) electrons. The summed E-state index contributed by atoms with van der Waals surface area (Å²) in [6.45, 7) is 2.44. The average Bonchev–Trinajstić information content (AvgIpc) is 2.67. The molecule has 1 aromatic rings. The fraction of sp³-hybridized carbons (Fsp3) is 0.455. The smallest absolute Gasteiger partial charge is 0.123 e. The van der Waals surface area contributed by atoms with Crippen LogP contribution in [0.25, 0.3) is 0 Å². The van der Waals surface area contributed by atoms with Crippen molar-refractivity contribution in [1.29, 1.82) is 0 Å². The van der Waals surface area contributed by atoms with E-state index in [9.17, 15) is 4.39 Å². The zero-order valence-corrected chi connectivity index (χ0v) is 9.23. The lowest BCUT2D eigenvalue weighted by atomic mass is 10.2. The van der Waals surface area contributed by atoms with Crippen LogP contribution in [0.1, 0.15) is 12.0 Å². The molecule has 1 heterocycles. The van der Waals surface area contributed by atoms with E-state index in [1.807, 2.05) is 6.07 Å². The van der Waals surface area contributed by atoms with Gasteiger partial charge in [-0.2, -0.15) is 0 Å². The third-order valence-electron chi connectivity index (χ3n) is 2.39. The first-order valence-corrected chi connectivity index (χ1v) is 4.91. The molecule has 0 aromatic heterocycles. The molecule has 1 fully saturated rings. The highest BCUT2D eigenvalue weighted by Crippen LogP contribution is 2.09. The van der Waals surface area contributed by atoms with Crippen LogP contribution in [0.15, 0.2) is 24.3 Å². The van der Waals surface area contributed by atoms with Crippen LogP contribution in [0.5, 0.6) is 0 Å². The summed E-state index contributed by atoms with van der Waals surface area (Å²) >= 11 is 0. The molecule has 0 unspecified atom stereocenters. The van der Waals surface area contributed by atoms with Crippen LogP contribution in [0, 0.1) is 5.82 Å². The van der Waals surface area contributed by atoms with Crippen molar-refractivity contribution in [2.24, 2.45) is 0 Å². The van der Waals surface area contributed by atoms with Crippen molar-refractivity contribution >= 4 is 12.4 Å². The normalized spacial score (nSPS) is 19.9. The van der Waals surface area contributed by atoms with Crippen LogP contribution in [0.4, 0.5) is 4.39 Å². The quantitative estimate of drug-likeness (QED) is 0.861. The summed E-state index contributed by atoms with van der Waals surface area (Å²) in [7, 11) is 0. The first-order chi connectivity index (χ1) is 6.84. The van der Waals surface area contributed by atoms with Gasteiger partial charge >= 0.3 is 0 Å². The number of nitrogens with one attached hydrogen (secondary N) is 1. The van der Waals surface area contributed by atoms with Gasteiger partial charge < -0.3 is 10.1 Å². The summed E-state index contributed by atoms with van der Waals surface area (Å²) in [6.07, 6.45) is 1.34. The largest absolute Gasteiger partial charge is 0.372 e. The van der Waals surface area contributed by atoms with Gasteiger partial charge in [-0.1, -0.05) is 12.1 Å². The summed E-state index contributed by atoms with van der Waals surface area (Å²) in [4.78, 5) is 0. The Hall–Kier alpha value is -0.640. The van der Waals surface area contributed by atoms with E-state index in [0.717, 1.165) is 25.1 Å². The topological polar surface area (TPSA) is 21.3 Å². The van der Waals surface area contributed by atoms with Crippen LogP contribution < -0.4 is 5.32 Å². The van der Waals surface area contributed by atoms with E-state index < -0.39 is 0 Å². The van der Waals surface area contributed by atoms with Gasteiger partial charge in [-0.05, 0) is 30.7 Å². The monoisotopic (exact) mass is 231 g/mol. The zero-order valence-electron chi connectivity index (χ0n) is 8.41. The lowest BCUT2D eigenvalue weighted by molar-refractivity contribution is 0.0541. The third-order valence-corrected chi connectivity index (χ3v) is 2.39. The maximum absolute atomic E-state index is 12.8. The second-order valence-electron chi connectivity index (χ2n) is 3.56. The standard InChI is InChI=1S/C11H14FNO.ClH/c12-10-3-1-2-9(6-10)8-14-11-4-5-13-7-11;/h1-3,6,11,13H,4-5,7-8H2;1H/t11-;/m0./s1. The van der Waals surface area contributed by atoms with Crippen LogP contribution in [0.3, 0.4) is 0 Å². The summed E-state index contributed by atoms with van der Waals surface area (Å²) in [5.74, 6) is -0.198. The van der Waals surface area contributed by atoms with Gasteiger partial charge in [0.1, 0.15) is 5.82 Å². The molecule has 0 saturated carbocycles. The van der Waals surface area contributed by atoms with Crippen molar-refractivity contribution in [2.75, 3.05) is 13.1 Å². The molecule has 2 rings (SSSR count). The molecule has 0 aliphatic carbocycles. The van der Waals surface area contributed by atoms with Gasteiger partial charge in [-0.15, -0.1) is 12.4 Å². The third kappa shape index (κ3) is 3.78. The van der Waals surface area contributed by atoms with Crippen molar-refractivity contribution in [3.05, 3.63) is 35.6 Å². The maximum atomic E-state index is 12.8. The molecule has 2 nitrogen and oxygen atoms in total. The van der Waals surface area contributed by atoms with Gasteiger partial charge in [0.2, 0.25) is 0 Å². The summed E-state index contributed by atoms with van der Waals surface area (Å²) in [5, 5.41) is 3.22. The van der Waals surface area contributed by atoms with Gasteiger partial charge in [0.05, 0.1) is 12.7 Å². The zero-order chi connectivity index (χ0) is 9.80. The van der Waals surface area contributed by atoms with Gasteiger partial charge in [0, 0.05) is 6.54 Å². The number of halogens is 2. The number of hydrogen-bond donors (Lipinski definition) is 1. The van der Waals surface area contributed by atoms with Gasteiger partial charge in [-0.25, -0.2) is 4.39 Å². The van der Waals surface area contributed by atoms with Crippen LogP contribution in [0.2, 0.25) is 0 Å². The maximum Gasteiger partial charge on any atom is 0.123 e. The van der Waals surface area contributed by atoms with Gasteiger partial charge in [0.15, 0.2) is 0 Å². The predicted octanol–water partition coefficient (Wildman–Crippen LogP) is 2.13. The highest BCUT2D eigenvalue weighted by atomic mass is 35.5. The summed E-state index contributed by atoms with van der Waals surface area (Å²) in [5.41, 5.74) is 0.900. The number of benzene rings is 1. The number of rotatable bonds is 3. The molecule has 1 N–H and O–H groups in total. The van der Waals surface area contributed by atoms with Crippen molar-refractivity contribution in [3.8, 4) is 0 Å². The first kappa shape index (κ1) is 12.4. The molecule has 1 aromatic carbocycles. The van der Waals surface area contributed by atoms with E-state index in [2.05, 4.69) is 5.32 Å². The number of hydrogen-bond acceptors (Lipinski definition) is 2. The SMILES string of the molecule is Cl.Fc1cccc(CO[C@H]2CCNC2)c1. The molecule has 0 bridgehead atoms. The predicted molar refractivity (Wildman–Crippen MR) is 59.7 cm³/mol. The molecule has 1 aliphatic heterocycles. The number of ether oxygens (including phenoxy) is 1. The first-order valence-electron chi connectivity index (χ1n) is 4.91. The average molecular weight is 232 g/mol. The molecule has 84 valence electrons. The highest BCUT2D eigenvalue weighted by molar-refractivity contribution is 5.85. The van der Waals surface area contributed by atoms with E-state index in [0.29, 0.717) is 12.7 Å². The summed E-state index contributed by atoms with van der Waals surface area (Å²) in [6, 6.07) is 6.55. The van der Waals surface area contributed by atoms with Crippen LogP contribution >= 0.6 is 12.4 Å². The minimum atomic E-state index is -0.198. The summed E-state index contributed by atoms with van der Waals surface area (Å²) < 4.78 is 18.4. The highest BCUT2D eigenvalue weighted by Gasteiger charge is 2.14. The second-order valence-corrected chi connectivity index (χ2v) is 3.56. The van der Waals surface area contributed by atoms with Gasteiger partial charge in [-0.3, -0.25) is 0 Å². The van der Waals surface area contributed by atoms with Crippen molar-refractivity contribution in [1.82, 2.24) is 5.32 Å². The minimum Gasteiger partial charge on any atom is -0.372 e. The van der Waals surface area contributed by atoms with E-state index in [1.54, 1.807) is 6.07 Å². The molecular formula is C11H15ClFNO. The molecule has 1 saturated heterocycles. The Kier molecular flexibility index (Phi) is 5.02. The molecule has 15 heavy (non-hydrogen) atoms. The molecule has 0 amide bonds. The second kappa shape index (κ2) is 6.05. The molecule has 4 heteroatoms. The fourth-order valence-electron chi connectivity index (χ4n) is 1.61. The Bertz CT molecular complexity index is 302. The van der Waals surface area contributed by atoms with Gasteiger partial charge in [0.25, 0.3) is 0 Å². The molecule has 0 spiro atoms. The molecule has 1 aliphatic rings. The van der Waals surface area contributed by atoms with E-state index in [-0.39, 0.29) is 18.2 Å². The van der Waals surface area contributed by atoms with E-state index in [1.165, 1.54) is 12.1 Å². The Balaban J connectivity index is 0.00000112. The van der Waals surface area contributed by atoms with Crippen molar-refractivity contribution in [3.63, 3.8) is 0 Å². The Morgan fingerprint density at radius 1 is 1.47 bits per heavy atom. The van der Waals surface area contributed by atoms with Crippen LogP contribution in [-0.4, -0.2) is 19.2 Å². The minimum absolute atomic E-state index is 0. The Morgan fingerprint density at radius 2 is 2.33 bits per heavy atom. The molecular weight excluding hydrogens is 217 g/mol. The lowest BCUT2D eigenvalue weighted by Gasteiger charge is -2.10. The van der Waals surface area contributed by atoms with E-state index >= 15 is 0 Å². The van der Waals surface area contributed by atoms with E-state index in [4.69, 9.17) is 4.74 Å². The Labute approximate surface area is 95.2 Å².